The van der Waals surface area contributed by atoms with E-state index in [1.165, 1.54) is 10.4 Å². The molecule has 0 atom stereocenters. The Kier molecular flexibility index (Phi) is 2.76. The Balaban J connectivity index is 1.90. The fourth-order valence-electron chi connectivity index (χ4n) is 2.25. The Morgan fingerprint density at radius 1 is 1.50 bits per heavy atom. The Morgan fingerprint density at radius 2 is 2.39 bits per heavy atom. The number of hydrogen-bond donors (Lipinski definition) is 1. The third kappa shape index (κ3) is 1.97. The predicted molar refractivity (Wildman–Crippen MR) is 70.3 cm³/mol. The number of benzene rings is 1. The van der Waals surface area contributed by atoms with Crippen LogP contribution in [0.1, 0.15) is 20.8 Å². The van der Waals surface area contributed by atoms with Gasteiger partial charge in [-0.25, -0.2) is 4.79 Å². The van der Waals surface area contributed by atoms with E-state index in [2.05, 4.69) is 9.88 Å². The van der Waals surface area contributed by atoms with Crippen LogP contribution in [-0.2, 0) is 13.0 Å². The van der Waals surface area contributed by atoms with E-state index < -0.39 is 5.97 Å². The normalized spacial score (nSPS) is 13.7. The minimum Gasteiger partial charge on any atom is -0.478 e. The van der Waals surface area contributed by atoms with Crippen molar-refractivity contribution in [3.05, 3.63) is 45.9 Å². The van der Waals surface area contributed by atoms with Gasteiger partial charge in [0.2, 0.25) is 0 Å². The van der Waals surface area contributed by atoms with Crippen LogP contribution in [-0.4, -0.2) is 22.6 Å². The highest BCUT2D eigenvalue weighted by Crippen LogP contribution is 2.30. The van der Waals surface area contributed by atoms with Crippen LogP contribution in [0.25, 0.3) is 0 Å². The summed E-state index contributed by atoms with van der Waals surface area (Å²) in [6.07, 6.45) is 2.84. The lowest BCUT2D eigenvalue weighted by Crippen LogP contribution is -2.19. The number of anilines is 1. The largest absolute Gasteiger partial charge is 0.478 e. The second-order valence-corrected chi connectivity index (χ2v) is 5.26. The molecule has 4 nitrogen and oxygen atoms in total. The first-order valence-electron chi connectivity index (χ1n) is 5.72. The third-order valence-corrected chi connectivity index (χ3v) is 3.92. The van der Waals surface area contributed by atoms with Crippen LogP contribution in [0, 0.1) is 0 Å². The zero-order valence-electron chi connectivity index (χ0n) is 9.67. The van der Waals surface area contributed by atoms with Gasteiger partial charge in [-0.2, -0.15) is 0 Å². The van der Waals surface area contributed by atoms with E-state index in [1.54, 1.807) is 23.5 Å². The monoisotopic (exact) mass is 260 g/mol. The van der Waals surface area contributed by atoms with Gasteiger partial charge in [0.05, 0.1) is 17.6 Å². The first-order valence-corrected chi connectivity index (χ1v) is 6.60. The number of thiazole rings is 1. The number of nitrogens with zero attached hydrogens (tertiary/aromatic N) is 2. The average molecular weight is 260 g/mol. The summed E-state index contributed by atoms with van der Waals surface area (Å²) in [6.45, 7) is 1.75. The van der Waals surface area contributed by atoms with Crippen molar-refractivity contribution in [2.45, 2.75) is 13.0 Å². The number of fused-ring (bicyclic) bond motifs is 1. The molecule has 0 saturated carbocycles. The van der Waals surface area contributed by atoms with Gasteiger partial charge in [0.1, 0.15) is 0 Å². The van der Waals surface area contributed by atoms with Crippen LogP contribution in [0.2, 0.25) is 0 Å². The van der Waals surface area contributed by atoms with Gasteiger partial charge in [-0.05, 0) is 24.1 Å². The summed E-state index contributed by atoms with van der Waals surface area (Å²) in [5, 5.41) is 9.03. The maximum Gasteiger partial charge on any atom is 0.335 e. The van der Waals surface area contributed by atoms with Crippen LogP contribution in [0.3, 0.4) is 0 Å². The van der Waals surface area contributed by atoms with E-state index in [1.807, 2.05) is 17.8 Å². The van der Waals surface area contributed by atoms with Gasteiger partial charge in [0, 0.05) is 23.3 Å². The smallest absolute Gasteiger partial charge is 0.335 e. The van der Waals surface area contributed by atoms with Gasteiger partial charge < -0.3 is 10.0 Å². The van der Waals surface area contributed by atoms with E-state index in [-0.39, 0.29) is 0 Å². The molecule has 1 aromatic carbocycles. The van der Waals surface area contributed by atoms with Crippen molar-refractivity contribution in [1.29, 1.82) is 0 Å². The van der Waals surface area contributed by atoms with Gasteiger partial charge in [-0.3, -0.25) is 4.98 Å². The van der Waals surface area contributed by atoms with Crippen molar-refractivity contribution in [2.24, 2.45) is 0 Å². The molecular weight excluding hydrogens is 248 g/mol. The molecule has 2 aromatic rings. The number of aromatic carboxylic acids is 1. The highest BCUT2D eigenvalue weighted by molar-refractivity contribution is 7.09. The summed E-state index contributed by atoms with van der Waals surface area (Å²) in [6, 6.07) is 5.37. The zero-order chi connectivity index (χ0) is 12.5. The molecule has 0 unspecified atom stereocenters. The standard InChI is InChI=1S/C13H12N2O2S/c16-13(17)10-2-1-9-3-4-15(12(9)5-10)7-11-6-14-8-18-11/h1-2,5-6,8H,3-4,7H2,(H,16,17). The summed E-state index contributed by atoms with van der Waals surface area (Å²) in [5.74, 6) is -0.873. The van der Waals surface area contributed by atoms with Crippen LogP contribution in [0.15, 0.2) is 29.9 Å². The van der Waals surface area contributed by atoms with E-state index in [9.17, 15) is 4.79 Å². The van der Waals surface area contributed by atoms with E-state index >= 15 is 0 Å². The predicted octanol–water partition coefficient (Wildman–Crippen LogP) is 2.40. The van der Waals surface area contributed by atoms with Crippen LogP contribution < -0.4 is 4.90 Å². The van der Waals surface area contributed by atoms with Gasteiger partial charge in [-0.15, -0.1) is 11.3 Å². The van der Waals surface area contributed by atoms with Gasteiger partial charge in [0.15, 0.2) is 0 Å². The van der Waals surface area contributed by atoms with Gasteiger partial charge in [0.25, 0.3) is 0 Å². The first-order chi connectivity index (χ1) is 8.74. The van der Waals surface area contributed by atoms with Crippen molar-refractivity contribution in [3.63, 3.8) is 0 Å². The molecule has 5 heteroatoms. The molecular formula is C13H12N2O2S. The second-order valence-electron chi connectivity index (χ2n) is 4.29. The molecule has 0 spiro atoms. The fraction of sp³-hybridized carbons (Fsp3) is 0.231. The van der Waals surface area contributed by atoms with Crippen molar-refractivity contribution in [2.75, 3.05) is 11.4 Å². The highest BCUT2D eigenvalue weighted by atomic mass is 32.1. The Hall–Kier alpha value is -1.88. The number of aromatic nitrogens is 1. The molecule has 0 bridgehead atoms. The van der Waals surface area contributed by atoms with E-state index in [0.717, 1.165) is 25.2 Å². The molecule has 92 valence electrons. The Morgan fingerprint density at radius 3 is 3.11 bits per heavy atom. The fourth-order valence-corrected chi connectivity index (χ4v) is 2.86. The summed E-state index contributed by atoms with van der Waals surface area (Å²) < 4.78 is 0. The number of rotatable bonds is 3. The van der Waals surface area contributed by atoms with E-state index in [4.69, 9.17) is 5.11 Å². The first kappa shape index (κ1) is 11.2. The molecule has 1 aliphatic rings. The molecule has 2 heterocycles. The third-order valence-electron chi connectivity index (χ3n) is 3.15. The Labute approximate surface area is 109 Å². The van der Waals surface area contributed by atoms with Crippen molar-refractivity contribution in [3.8, 4) is 0 Å². The molecule has 0 fully saturated rings. The molecule has 0 aliphatic carbocycles. The van der Waals surface area contributed by atoms with Crippen molar-refractivity contribution < 1.29 is 9.90 Å². The number of carboxylic acid groups (broad SMARTS) is 1. The number of hydrogen-bond acceptors (Lipinski definition) is 4. The quantitative estimate of drug-likeness (QED) is 0.920. The summed E-state index contributed by atoms with van der Waals surface area (Å²) in [5.41, 5.74) is 4.44. The molecule has 0 amide bonds. The molecule has 1 aliphatic heterocycles. The minimum atomic E-state index is -0.873. The van der Waals surface area contributed by atoms with Crippen molar-refractivity contribution in [1.82, 2.24) is 4.98 Å². The molecule has 1 N–H and O–H groups in total. The SMILES string of the molecule is O=C(O)c1ccc2c(c1)N(Cc1cncs1)CC2. The molecule has 0 radical (unpaired) electrons. The lowest BCUT2D eigenvalue weighted by Gasteiger charge is -2.18. The molecule has 1 aromatic heterocycles. The topological polar surface area (TPSA) is 53.4 Å². The summed E-state index contributed by atoms with van der Waals surface area (Å²) in [7, 11) is 0. The minimum absolute atomic E-state index is 0.352. The van der Waals surface area contributed by atoms with Gasteiger partial charge >= 0.3 is 5.97 Å². The molecule has 3 rings (SSSR count). The summed E-state index contributed by atoms with van der Waals surface area (Å²) in [4.78, 5) is 18.5. The average Bonchev–Trinajstić information content (AvgIpc) is 2.99. The molecule has 18 heavy (non-hydrogen) atoms. The lowest BCUT2D eigenvalue weighted by molar-refractivity contribution is 0.0697. The number of carbonyl (C=O) groups is 1. The van der Waals surface area contributed by atoms with Crippen LogP contribution in [0.4, 0.5) is 5.69 Å². The maximum atomic E-state index is 11.0. The highest BCUT2D eigenvalue weighted by Gasteiger charge is 2.21. The zero-order valence-corrected chi connectivity index (χ0v) is 10.5. The van der Waals surface area contributed by atoms with Crippen LogP contribution in [0.5, 0.6) is 0 Å². The van der Waals surface area contributed by atoms with Crippen LogP contribution >= 0.6 is 11.3 Å². The Bertz CT molecular complexity index is 581. The van der Waals surface area contributed by atoms with Gasteiger partial charge in [-0.1, -0.05) is 6.07 Å². The lowest BCUT2D eigenvalue weighted by atomic mass is 10.1. The van der Waals surface area contributed by atoms with Crippen molar-refractivity contribution >= 4 is 23.0 Å². The maximum absolute atomic E-state index is 11.0. The summed E-state index contributed by atoms with van der Waals surface area (Å²) >= 11 is 1.63. The molecule has 0 saturated heterocycles. The second kappa shape index (κ2) is 4.42. The number of carboxylic acids is 1. The van der Waals surface area contributed by atoms with E-state index in [0.29, 0.717) is 5.56 Å².